The first-order chi connectivity index (χ1) is 13.3. The lowest BCUT2D eigenvalue weighted by Gasteiger charge is -2.31. The standard InChI is InChI=1S/C20H25N5O3/c1-4-28-19(27)25-17(21)14-11-24(20(2,3)16(14)23-25)18(26)22-15-10-13(15)12-8-6-5-7-9-12/h5-9,13,15H,4,10-11,21H2,1-3H3,(H,22,26)/t13-,15+/m1/s1. The fourth-order valence-electron chi connectivity index (χ4n) is 3.90. The van der Waals surface area contributed by atoms with Gasteiger partial charge in [-0.3, -0.25) is 0 Å². The smallest absolute Gasteiger partial charge is 0.436 e. The number of carbonyl (C=O) groups is 2. The third-order valence-corrected chi connectivity index (χ3v) is 5.61. The third kappa shape index (κ3) is 2.89. The summed E-state index contributed by atoms with van der Waals surface area (Å²) in [5.74, 6) is 0.585. The highest BCUT2D eigenvalue weighted by atomic mass is 16.6. The second kappa shape index (κ2) is 6.54. The number of rotatable bonds is 3. The molecule has 0 radical (unpaired) electrons. The van der Waals surface area contributed by atoms with E-state index in [0.29, 0.717) is 23.7 Å². The number of fused-ring (bicyclic) bond motifs is 1. The highest BCUT2D eigenvalue weighted by molar-refractivity contribution is 5.80. The number of carbonyl (C=O) groups excluding carboxylic acids is 2. The lowest BCUT2D eigenvalue weighted by Crippen LogP contribution is -2.47. The SMILES string of the molecule is CCOC(=O)n1nc2c(c1N)CN(C(=O)N[C@H]1C[C@@H]1c1ccccc1)C2(C)C. The van der Waals surface area contributed by atoms with E-state index in [-0.39, 0.29) is 24.5 Å². The van der Waals surface area contributed by atoms with Gasteiger partial charge in [0, 0.05) is 17.5 Å². The summed E-state index contributed by atoms with van der Waals surface area (Å²) in [5, 5.41) is 7.47. The minimum Gasteiger partial charge on any atom is -0.448 e. The fourth-order valence-corrected chi connectivity index (χ4v) is 3.90. The van der Waals surface area contributed by atoms with Crippen LogP contribution in [-0.2, 0) is 16.8 Å². The van der Waals surface area contributed by atoms with Crippen molar-refractivity contribution in [3.05, 3.63) is 47.2 Å². The van der Waals surface area contributed by atoms with Crippen molar-refractivity contribution in [2.75, 3.05) is 12.3 Å². The van der Waals surface area contributed by atoms with Gasteiger partial charge in [0.25, 0.3) is 0 Å². The Morgan fingerprint density at radius 3 is 2.68 bits per heavy atom. The van der Waals surface area contributed by atoms with Crippen molar-refractivity contribution >= 4 is 17.9 Å². The van der Waals surface area contributed by atoms with Crippen LogP contribution in [0.3, 0.4) is 0 Å². The maximum Gasteiger partial charge on any atom is 0.436 e. The van der Waals surface area contributed by atoms with Crippen LogP contribution < -0.4 is 11.1 Å². The molecule has 2 heterocycles. The largest absolute Gasteiger partial charge is 0.448 e. The molecule has 8 heteroatoms. The molecule has 2 aromatic rings. The van der Waals surface area contributed by atoms with E-state index in [1.165, 1.54) is 5.56 Å². The number of aromatic nitrogens is 2. The molecule has 1 aromatic heterocycles. The molecule has 4 rings (SSSR count). The summed E-state index contributed by atoms with van der Waals surface area (Å²) >= 11 is 0. The summed E-state index contributed by atoms with van der Waals surface area (Å²) in [6.07, 6.45) is 0.330. The number of nitrogens with two attached hydrogens (primary N) is 1. The molecule has 8 nitrogen and oxygen atoms in total. The van der Waals surface area contributed by atoms with Crippen LogP contribution in [0, 0.1) is 0 Å². The van der Waals surface area contributed by atoms with Gasteiger partial charge in [-0.15, -0.1) is 4.68 Å². The molecule has 0 spiro atoms. The van der Waals surface area contributed by atoms with Gasteiger partial charge in [0.1, 0.15) is 5.82 Å². The first-order valence-corrected chi connectivity index (χ1v) is 9.52. The summed E-state index contributed by atoms with van der Waals surface area (Å²) in [6, 6.07) is 10.2. The predicted molar refractivity (Wildman–Crippen MR) is 104 cm³/mol. The van der Waals surface area contributed by atoms with Gasteiger partial charge in [0.05, 0.1) is 24.4 Å². The van der Waals surface area contributed by atoms with E-state index in [9.17, 15) is 9.59 Å². The third-order valence-electron chi connectivity index (χ3n) is 5.61. The normalized spacial score (nSPS) is 21.9. The van der Waals surface area contributed by atoms with E-state index in [1.807, 2.05) is 32.0 Å². The molecule has 2 amide bonds. The number of urea groups is 1. The van der Waals surface area contributed by atoms with E-state index < -0.39 is 11.6 Å². The van der Waals surface area contributed by atoms with Crippen molar-refractivity contribution in [2.24, 2.45) is 0 Å². The number of ether oxygens (including phenoxy) is 1. The van der Waals surface area contributed by atoms with E-state index in [0.717, 1.165) is 11.1 Å². The van der Waals surface area contributed by atoms with Crippen LogP contribution in [0.1, 0.15) is 49.9 Å². The Hall–Kier alpha value is -3.03. The van der Waals surface area contributed by atoms with Crippen molar-refractivity contribution in [1.82, 2.24) is 20.0 Å². The lowest BCUT2D eigenvalue weighted by atomic mass is 10.0. The number of anilines is 1. The van der Waals surface area contributed by atoms with Gasteiger partial charge in [-0.25, -0.2) is 9.59 Å². The molecule has 2 aliphatic rings. The zero-order valence-corrected chi connectivity index (χ0v) is 16.3. The lowest BCUT2D eigenvalue weighted by molar-refractivity contribution is 0.138. The minimum absolute atomic E-state index is 0.135. The second-order valence-electron chi connectivity index (χ2n) is 7.78. The summed E-state index contributed by atoms with van der Waals surface area (Å²) in [6.45, 7) is 6.08. The van der Waals surface area contributed by atoms with Gasteiger partial charge < -0.3 is 20.7 Å². The number of benzene rings is 1. The van der Waals surface area contributed by atoms with Crippen LogP contribution in [-0.4, -0.2) is 39.5 Å². The van der Waals surface area contributed by atoms with Gasteiger partial charge in [-0.1, -0.05) is 30.3 Å². The van der Waals surface area contributed by atoms with Gasteiger partial charge in [0.15, 0.2) is 0 Å². The molecule has 1 fully saturated rings. The average Bonchev–Trinajstić information content (AvgIpc) is 3.26. The Kier molecular flexibility index (Phi) is 4.28. The number of hydrogen-bond donors (Lipinski definition) is 2. The number of nitrogens with one attached hydrogen (secondary N) is 1. The van der Waals surface area contributed by atoms with Crippen LogP contribution in [0.15, 0.2) is 30.3 Å². The van der Waals surface area contributed by atoms with Crippen LogP contribution in [0.5, 0.6) is 0 Å². The monoisotopic (exact) mass is 383 g/mol. The Bertz CT molecular complexity index is 921. The summed E-state index contributed by atoms with van der Waals surface area (Å²) in [5.41, 5.74) is 8.01. The molecule has 0 bridgehead atoms. The summed E-state index contributed by atoms with van der Waals surface area (Å²) < 4.78 is 6.07. The van der Waals surface area contributed by atoms with Crippen molar-refractivity contribution < 1.29 is 14.3 Å². The van der Waals surface area contributed by atoms with Crippen LogP contribution in [0.2, 0.25) is 0 Å². The van der Waals surface area contributed by atoms with Crippen LogP contribution >= 0.6 is 0 Å². The van der Waals surface area contributed by atoms with Crippen LogP contribution in [0.25, 0.3) is 0 Å². The summed E-state index contributed by atoms with van der Waals surface area (Å²) in [7, 11) is 0. The van der Waals surface area contributed by atoms with Crippen molar-refractivity contribution in [3.63, 3.8) is 0 Å². The van der Waals surface area contributed by atoms with Crippen molar-refractivity contribution in [2.45, 2.75) is 51.2 Å². The number of nitrogens with zero attached hydrogens (tertiary/aromatic N) is 3. The topological polar surface area (TPSA) is 102 Å². The molecule has 28 heavy (non-hydrogen) atoms. The van der Waals surface area contributed by atoms with Crippen molar-refractivity contribution in [1.29, 1.82) is 0 Å². The zero-order chi connectivity index (χ0) is 20.1. The molecule has 1 aromatic carbocycles. The molecular formula is C20H25N5O3. The maximum atomic E-state index is 12.9. The highest BCUT2D eigenvalue weighted by Gasteiger charge is 2.47. The molecule has 0 unspecified atom stereocenters. The Morgan fingerprint density at radius 1 is 1.32 bits per heavy atom. The molecule has 1 saturated carbocycles. The first-order valence-electron chi connectivity index (χ1n) is 9.52. The Labute approximate surface area is 163 Å². The predicted octanol–water partition coefficient (Wildman–Crippen LogP) is 2.79. The van der Waals surface area contributed by atoms with Crippen LogP contribution in [0.4, 0.5) is 15.4 Å². The van der Waals surface area contributed by atoms with E-state index in [4.69, 9.17) is 10.5 Å². The minimum atomic E-state index is -0.678. The Balaban J connectivity index is 1.47. The first kappa shape index (κ1) is 18.3. The second-order valence-corrected chi connectivity index (χ2v) is 7.78. The molecule has 1 aliphatic carbocycles. The molecule has 1 aliphatic heterocycles. The molecular weight excluding hydrogens is 358 g/mol. The van der Waals surface area contributed by atoms with Gasteiger partial charge in [-0.05, 0) is 32.8 Å². The van der Waals surface area contributed by atoms with Crippen molar-refractivity contribution in [3.8, 4) is 0 Å². The quantitative estimate of drug-likeness (QED) is 0.848. The summed E-state index contributed by atoms with van der Waals surface area (Å²) in [4.78, 5) is 26.7. The maximum absolute atomic E-state index is 12.9. The molecule has 148 valence electrons. The molecule has 3 N–H and O–H groups in total. The zero-order valence-electron chi connectivity index (χ0n) is 16.3. The Morgan fingerprint density at radius 2 is 2.04 bits per heavy atom. The van der Waals surface area contributed by atoms with E-state index in [2.05, 4.69) is 22.5 Å². The average molecular weight is 383 g/mol. The van der Waals surface area contributed by atoms with Gasteiger partial charge in [0.2, 0.25) is 0 Å². The van der Waals surface area contributed by atoms with Gasteiger partial charge in [-0.2, -0.15) is 5.10 Å². The van der Waals surface area contributed by atoms with Gasteiger partial charge >= 0.3 is 12.1 Å². The fraction of sp³-hybridized carbons (Fsp3) is 0.450. The number of hydrogen-bond acceptors (Lipinski definition) is 5. The van der Waals surface area contributed by atoms with E-state index >= 15 is 0 Å². The molecule has 2 atom stereocenters. The number of amides is 2. The molecule has 0 saturated heterocycles. The van der Waals surface area contributed by atoms with E-state index in [1.54, 1.807) is 11.8 Å². The highest BCUT2D eigenvalue weighted by Crippen LogP contribution is 2.43. The number of nitrogen functional groups attached to an aromatic ring is 1.